The van der Waals surface area contributed by atoms with E-state index in [9.17, 15) is 19.5 Å². The second-order valence-corrected chi connectivity index (χ2v) is 13.4. The number of rotatable bonds is 11. The van der Waals surface area contributed by atoms with Crippen LogP contribution in [0, 0.1) is 11.8 Å². The third kappa shape index (κ3) is 5.14. The van der Waals surface area contributed by atoms with Crippen LogP contribution >= 0.6 is 27.7 Å². The normalized spacial score (nSPS) is 28.4. The summed E-state index contributed by atoms with van der Waals surface area (Å²) in [4.78, 5) is 45.7. The third-order valence-corrected chi connectivity index (χ3v) is 11.7. The smallest absolute Gasteiger partial charge is 0.248 e. The van der Waals surface area contributed by atoms with E-state index in [1.54, 1.807) is 16.7 Å². The lowest BCUT2D eigenvalue weighted by molar-refractivity contribution is -0.138. The number of carbonyl (C=O) groups excluding carboxylic acids is 3. The van der Waals surface area contributed by atoms with E-state index in [4.69, 9.17) is 0 Å². The van der Waals surface area contributed by atoms with Gasteiger partial charge in [0, 0.05) is 53.4 Å². The quantitative estimate of drug-likeness (QED) is 0.253. The largest absolute Gasteiger partial charge is 0.396 e. The molecule has 40 heavy (non-hydrogen) atoms. The summed E-state index contributed by atoms with van der Waals surface area (Å²) in [7, 11) is 0. The molecule has 0 saturated carbocycles. The van der Waals surface area contributed by atoms with Gasteiger partial charge in [-0.1, -0.05) is 34.1 Å². The monoisotopic (exact) mass is 628 g/mol. The van der Waals surface area contributed by atoms with Crippen LogP contribution in [-0.2, 0) is 14.4 Å². The predicted octanol–water partition coefficient (Wildman–Crippen LogP) is 4.35. The molecule has 214 valence electrons. The summed E-state index contributed by atoms with van der Waals surface area (Å²) in [6.45, 7) is 6.39. The highest BCUT2D eigenvalue weighted by atomic mass is 79.9. The molecule has 5 rings (SSSR count). The number of unbranched alkanes of at least 4 members (excludes halogenated alkanes) is 1. The Morgan fingerprint density at radius 3 is 2.33 bits per heavy atom. The molecule has 8 nitrogen and oxygen atoms in total. The van der Waals surface area contributed by atoms with Gasteiger partial charge in [-0.3, -0.25) is 14.4 Å². The zero-order valence-corrected chi connectivity index (χ0v) is 25.3. The molecule has 3 aliphatic rings. The number of nitrogens with one attached hydrogen (secondary N) is 2. The van der Waals surface area contributed by atoms with E-state index in [1.807, 2.05) is 54.6 Å². The first-order valence-corrected chi connectivity index (χ1v) is 15.9. The fourth-order valence-electron chi connectivity index (χ4n) is 6.67. The van der Waals surface area contributed by atoms with Crippen LogP contribution in [0.1, 0.15) is 33.1 Å². The van der Waals surface area contributed by atoms with E-state index in [0.717, 1.165) is 18.8 Å². The first kappa shape index (κ1) is 29.0. The van der Waals surface area contributed by atoms with E-state index in [0.29, 0.717) is 37.2 Å². The number of thioether (sulfide) groups is 1. The molecule has 3 aliphatic heterocycles. The summed E-state index contributed by atoms with van der Waals surface area (Å²) in [6.07, 6.45) is 1.75. The van der Waals surface area contributed by atoms with Gasteiger partial charge in [-0.05, 0) is 69.5 Å². The number of para-hydroxylation sites is 1. The van der Waals surface area contributed by atoms with Crippen molar-refractivity contribution < 1.29 is 19.5 Å². The van der Waals surface area contributed by atoms with Crippen molar-refractivity contribution in [3.63, 3.8) is 0 Å². The molecule has 3 saturated heterocycles. The maximum Gasteiger partial charge on any atom is 0.248 e. The Morgan fingerprint density at radius 1 is 1.02 bits per heavy atom. The summed E-state index contributed by atoms with van der Waals surface area (Å²) in [5.41, 5.74) is 2.45. The van der Waals surface area contributed by atoms with Gasteiger partial charge in [0.25, 0.3) is 0 Å². The number of anilines is 3. The average Bonchev–Trinajstić information content (AvgIpc) is 3.54. The summed E-state index contributed by atoms with van der Waals surface area (Å²) in [5.74, 6) is -1.70. The molecule has 3 heterocycles. The Kier molecular flexibility index (Phi) is 8.78. The molecule has 2 bridgehead atoms. The zero-order valence-electron chi connectivity index (χ0n) is 22.9. The Hall–Kier alpha value is -2.56. The molecule has 3 N–H and O–H groups in total. The Balaban J connectivity index is 1.43. The second-order valence-electron chi connectivity index (χ2n) is 10.7. The van der Waals surface area contributed by atoms with Crippen LogP contribution in [0.5, 0.6) is 0 Å². The standard InChI is InChI=1S/C30H37BrN4O4S/c1-3-34(4-2)21-14-12-20(13-15-21)33-28(38)26-30-18-22(31)25(40-30)23(27(37)32-19-10-6-5-7-11-19)24(30)29(39)35(26)16-8-9-17-36/h5-7,10-15,22-26,36H,3-4,8-9,16-18H2,1-2H3,(H,32,37)(H,33,38)/t22?,23-,24-,25-,26?,30?/m0/s1. The van der Waals surface area contributed by atoms with E-state index >= 15 is 0 Å². The number of aliphatic hydroxyl groups excluding tert-OH is 1. The van der Waals surface area contributed by atoms with Crippen molar-refractivity contribution in [1.82, 2.24) is 4.90 Å². The lowest BCUT2D eigenvalue weighted by Gasteiger charge is -2.35. The van der Waals surface area contributed by atoms with Crippen LogP contribution in [0.4, 0.5) is 17.1 Å². The number of alkyl halides is 1. The third-order valence-electron chi connectivity index (χ3n) is 8.45. The van der Waals surface area contributed by atoms with E-state index in [2.05, 4.69) is 45.3 Å². The minimum Gasteiger partial charge on any atom is -0.396 e. The van der Waals surface area contributed by atoms with Crippen LogP contribution in [0.2, 0.25) is 0 Å². The number of likely N-dealkylation sites (tertiary alicyclic amines) is 1. The average molecular weight is 630 g/mol. The Bertz CT molecular complexity index is 1230. The number of fused-ring (bicyclic) bond motifs is 1. The highest BCUT2D eigenvalue weighted by Crippen LogP contribution is 2.67. The number of halogens is 1. The SMILES string of the molecule is CCN(CC)c1ccc(NC(=O)C2N(CCCCO)C(=O)[C@@H]3[C@H](C(=O)Nc4ccccc4)[C@H]4SC23CC4Br)cc1. The fraction of sp³-hybridized carbons (Fsp3) is 0.500. The molecule has 2 aromatic rings. The van der Waals surface area contributed by atoms with Crippen LogP contribution in [0.3, 0.4) is 0 Å². The van der Waals surface area contributed by atoms with Crippen molar-refractivity contribution in [1.29, 1.82) is 0 Å². The van der Waals surface area contributed by atoms with Gasteiger partial charge in [0.2, 0.25) is 17.7 Å². The molecule has 1 spiro atoms. The number of benzene rings is 2. The van der Waals surface area contributed by atoms with E-state index in [-0.39, 0.29) is 34.4 Å². The molecule has 10 heteroatoms. The lowest BCUT2D eigenvalue weighted by atomic mass is 9.70. The summed E-state index contributed by atoms with van der Waals surface area (Å²) >= 11 is 5.43. The maximum atomic E-state index is 14.1. The topological polar surface area (TPSA) is 102 Å². The van der Waals surface area contributed by atoms with E-state index < -0.39 is 22.6 Å². The first-order chi connectivity index (χ1) is 19.3. The van der Waals surface area contributed by atoms with Gasteiger partial charge < -0.3 is 25.5 Å². The lowest BCUT2D eigenvalue weighted by Crippen LogP contribution is -2.52. The first-order valence-electron chi connectivity index (χ1n) is 14.1. The van der Waals surface area contributed by atoms with Gasteiger partial charge in [0.05, 0.1) is 16.6 Å². The van der Waals surface area contributed by atoms with Crippen molar-refractivity contribution in [3.05, 3.63) is 54.6 Å². The van der Waals surface area contributed by atoms with Gasteiger partial charge in [-0.15, -0.1) is 11.8 Å². The van der Waals surface area contributed by atoms with Gasteiger partial charge in [0.1, 0.15) is 6.04 Å². The number of nitrogens with zero attached hydrogens (tertiary/aromatic N) is 2. The summed E-state index contributed by atoms with van der Waals surface area (Å²) in [5, 5.41) is 15.4. The molecule has 3 amide bonds. The predicted molar refractivity (Wildman–Crippen MR) is 164 cm³/mol. The minimum atomic E-state index is -0.712. The molecule has 3 unspecified atom stereocenters. The highest BCUT2D eigenvalue weighted by Gasteiger charge is 2.75. The zero-order chi connectivity index (χ0) is 28.4. The Morgan fingerprint density at radius 2 is 1.68 bits per heavy atom. The number of hydrogen-bond acceptors (Lipinski definition) is 6. The molecular weight excluding hydrogens is 592 g/mol. The minimum absolute atomic E-state index is 0.00844. The van der Waals surface area contributed by atoms with Crippen molar-refractivity contribution in [2.45, 2.75) is 54.0 Å². The van der Waals surface area contributed by atoms with Gasteiger partial charge >= 0.3 is 0 Å². The van der Waals surface area contributed by atoms with Crippen LogP contribution in [0.15, 0.2) is 54.6 Å². The number of carbonyl (C=O) groups is 3. The van der Waals surface area contributed by atoms with Gasteiger partial charge in [0.15, 0.2) is 0 Å². The summed E-state index contributed by atoms with van der Waals surface area (Å²) in [6, 6.07) is 16.4. The highest BCUT2D eigenvalue weighted by molar-refractivity contribution is 9.09. The molecule has 0 aliphatic carbocycles. The van der Waals surface area contributed by atoms with Gasteiger partial charge in [-0.2, -0.15) is 0 Å². The van der Waals surface area contributed by atoms with Crippen molar-refractivity contribution in [2.75, 3.05) is 41.8 Å². The number of amides is 3. The fourth-order valence-corrected chi connectivity index (χ4v) is 10.3. The maximum absolute atomic E-state index is 14.1. The molecule has 3 fully saturated rings. The van der Waals surface area contributed by atoms with Crippen molar-refractivity contribution in [3.8, 4) is 0 Å². The molecular formula is C30H37BrN4O4S. The second kappa shape index (κ2) is 12.1. The molecule has 2 aromatic carbocycles. The number of hydrogen-bond donors (Lipinski definition) is 3. The molecule has 0 aromatic heterocycles. The summed E-state index contributed by atoms with van der Waals surface area (Å²) < 4.78 is -0.709. The van der Waals surface area contributed by atoms with Crippen molar-refractivity contribution in [2.24, 2.45) is 11.8 Å². The van der Waals surface area contributed by atoms with Crippen LogP contribution in [0.25, 0.3) is 0 Å². The van der Waals surface area contributed by atoms with Crippen LogP contribution < -0.4 is 15.5 Å². The number of aliphatic hydroxyl groups is 1. The molecule has 6 atom stereocenters. The van der Waals surface area contributed by atoms with Gasteiger partial charge in [-0.25, -0.2) is 0 Å². The van der Waals surface area contributed by atoms with E-state index in [1.165, 1.54) is 0 Å². The Labute approximate surface area is 248 Å². The van der Waals surface area contributed by atoms with Crippen LogP contribution in [-0.4, -0.2) is 74.8 Å². The van der Waals surface area contributed by atoms with Crippen molar-refractivity contribution >= 4 is 62.5 Å². The molecule has 0 radical (unpaired) electrons.